The van der Waals surface area contributed by atoms with Crippen molar-refractivity contribution >= 4 is 53.7 Å². The molecule has 30 heavy (non-hydrogen) atoms. The first-order valence-corrected chi connectivity index (χ1v) is 10.3. The molecule has 2 aromatic heterocycles. The van der Waals surface area contributed by atoms with E-state index in [9.17, 15) is 4.79 Å². The molecule has 0 aliphatic carbocycles. The number of hydrogen-bond donors (Lipinski definition) is 1. The number of rotatable bonds is 5. The molecule has 0 bridgehead atoms. The van der Waals surface area contributed by atoms with Gasteiger partial charge in [-0.3, -0.25) is 9.78 Å². The molecule has 3 aromatic rings. The lowest BCUT2D eigenvalue weighted by atomic mass is 10.2. The average molecular weight is 487 g/mol. The van der Waals surface area contributed by atoms with Crippen LogP contribution >= 0.6 is 47.8 Å². The van der Waals surface area contributed by atoms with Gasteiger partial charge in [0, 0.05) is 35.7 Å². The molecular formula is C21H22Cl3N3O2S. The topological polar surface area (TPSA) is 54.5 Å². The number of nitrogens with zero attached hydrogens (tertiary/aromatic N) is 2. The number of pyridine rings is 1. The fourth-order valence-corrected chi connectivity index (χ4v) is 4.34. The Balaban J connectivity index is 0.00000160. The Morgan fingerprint density at radius 1 is 1.23 bits per heavy atom. The molecular weight excluding hydrogens is 465 g/mol. The summed E-state index contributed by atoms with van der Waals surface area (Å²) in [7, 11) is 0. The molecule has 1 atom stereocenters. The molecule has 1 fully saturated rings. The predicted molar refractivity (Wildman–Crippen MR) is 127 cm³/mol. The van der Waals surface area contributed by atoms with Crippen molar-refractivity contribution in [3.8, 4) is 16.2 Å². The van der Waals surface area contributed by atoms with Gasteiger partial charge < -0.3 is 15.0 Å². The molecule has 1 aromatic carbocycles. The molecule has 160 valence electrons. The molecule has 0 saturated carbocycles. The van der Waals surface area contributed by atoms with Crippen molar-refractivity contribution in [1.29, 1.82) is 0 Å². The fraction of sp³-hybridized carbons (Fsp3) is 0.238. The van der Waals surface area contributed by atoms with Crippen molar-refractivity contribution < 1.29 is 9.53 Å². The predicted octanol–water partition coefficient (Wildman–Crippen LogP) is 4.80. The first-order valence-electron chi connectivity index (χ1n) is 9.11. The van der Waals surface area contributed by atoms with Crippen molar-refractivity contribution in [2.24, 2.45) is 0 Å². The number of piperazine rings is 1. The van der Waals surface area contributed by atoms with Crippen LogP contribution in [-0.2, 0) is 0 Å². The van der Waals surface area contributed by atoms with E-state index < -0.39 is 0 Å². The lowest BCUT2D eigenvalue weighted by molar-refractivity contribution is 0.0564. The molecule has 4 rings (SSSR count). The van der Waals surface area contributed by atoms with E-state index in [4.69, 9.17) is 16.3 Å². The Morgan fingerprint density at radius 3 is 2.87 bits per heavy atom. The summed E-state index contributed by atoms with van der Waals surface area (Å²) < 4.78 is 5.84. The summed E-state index contributed by atoms with van der Waals surface area (Å²) in [5.41, 5.74) is 1.02. The molecule has 0 spiro atoms. The second-order valence-electron chi connectivity index (χ2n) is 6.53. The van der Waals surface area contributed by atoms with Crippen molar-refractivity contribution in [3.63, 3.8) is 0 Å². The maximum Gasteiger partial charge on any atom is 0.264 e. The highest BCUT2D eigenvalue weighted by Gasteiger charge is 2.29. The fourth-order valence-electron chi connectivity index (χ4n) is 3.19. The third kappa shape index (κ3) is 5.86. The van der Waals surface area contributed by atoms with Crippen molar-refractivity contribution in [2.45, 2.75) is 6.04 Å². The minimum atomic E-state index is -0.0295. The molecule has 1 N–H and O–H groups in total. The molecule has 1 aliphatic heterocycles. The highest BCUT2D eigenvalue weighted by molar-refractivity contribution is 7.17. The number of aromatic nitrogens is 1. The zero-order chi connectivity index (χ0) is 19.3. The molecule has 1 amide bonds. The van der Waals surface area contributed by atoms with E-state index in [1.165, 1.54) is 11.3 Å². The summed E-state index contributed by atoms with van der Waals surface area (Å²) in [6.07, 6.45) is 3.39. The summed E-state index contributed by atoms with van der Waals surface area (Å²) in [6.45, 7) is 2.57. The number of nitrogens with one attached hydrogen (secondary N) is 1. The van der Waals surface area contributed by atoms with Gasteiger partial charge in [-0.2, -0.15) is 0 Å². The zero-order valence-corrected chi connectivity index (χ0v) is 19.2. The minimum absolute atomic E-state index is 0. The number of benzene rings is 1. The zero-order valence-electron chi connectivity index (χ0n) is 16.0. The SMILES string of the molecule is Cl.Cl.O=C(c1ccc(-c2cccc(Cl)c2)s1)N1CCNCC1COc1cccnc1. The third-order valence-electron chi connectivity index (χ3n) is 4.61. The Labute approximate surface area is 197 Å². The van der Waals surface area contributed by atoms with E-state index in [0.717, 1.165) is 21.9 Å². The summed E-state index contributed by atoms with van der Waals surface area (Å²) in [6, 6.07) is 15.2. The van der Waals surface area contributed by atoms with Gasteiger partial charge in [0.2, 0.25) is 0 Å². The van der Waals surface area contributed by atoms with Crippen LogP contribution < -0.4 is 10.1 Å². The number of halogens is 3. The van der Waals surface area contributed by atoms with Crippen molar-refractivity contribution in [1.82, 2.24) is 15.2 Å². The summed E-state index contributed by atoms with van der Waals surface area (Å²) >= 11 is 7.59. The van der Waals surface area contributed by atoms with Crippen LogP contribution in [0.5, 0.6) is 5.75 Å². The van der Waals surface area contributed by atoms with Crippen LogP contribution in [-0.4, -0.2) is 48.1 Å². The van der Waals surface area contributed by atoms with Gasteiger partial charge in [0.1, 0.15) is 12.4 Å². The largest absolute Gasteiger partial charge is 0.490 e. The molecule has 1 saturated heterocycles. The Kier molecular flexibility index (Phi) is 9.39. The Hall–Kier alpha value is -1.83. The van der Waals surface area contributed by atoms with Crippen LogP contribution in [0.25, 0.3) is 10.4 Å². The summed E-state index contributed by atoms with van der Waals surface area (Å²) in [5, 5.41) is 4.03. The maximum absolute atomic E-state index is 13.1. The minimum Gasteiger partial charge on any atom is -0.490 e. The number of ether oxygens (including phenoxy) is 1. The second kappa shape index (κ2) is 11.5. The van der Waals surface area contributed by atoms with Crippen molar-refractivity contribution in [2.75, 3.05) is 26.2 Å². The number of amides is 1. The van der Waals surface area contributed by atoms with Crippen LogP contribution in [0.2, 0.25) is 5.02 Å². The normalized spacial score (nSPS) is 15.6. The van der Waals surface area contributed by atoms with Gasteiger partial charge in [-0.1, -0.05) is 23.7 Å². The van der Waals surface area contributed by atoms with Crippen LogP contribution in [0.15, 0.2) is 60.9 Å². The van der Waals surface area contributed by atoms with Gasteiger partial charge in [-0.15, -0.1) is 36.2 Å². The van der Waals surface area contributed by atoms with Crippen LogP contribution in [0.4, 0.5) is 0 Å². The van der Waals surface area contributed by atoms with Gasteiger partial charge in [-0.05, 0) is 42.0 Å². The monoisotopic (exact) mass is 485 g/mol. The lowest BCUT2D eigenvalue weighted by Crippen LogP contribution is -2.55. The van der Waals surface area contributed by atoms with Gasteiger partial charge >= 0.3 is 0 Å². The van der Waals surface area contributed by atoms with Crippen molar-refractivity contribution in [3.05, 3.63) is 70.8 Å². The van der Waals surface area contributed by atoms with E-state index >= 15 is 0 Å². The smallest absolute Gasteiger partial charge is 0.264 e. The van der Waals surface area contributed by atoms with E-state index in [0.29, 0.717) is 30.5 Å². The molecule has 1 unspecified atom stereocenters. The Bertz CT molecular complexity index is 955. The van der Waals surface area contributed by atoms with Crippen LogP contribution in [0.3, 0.4) is 0 Å². The second-order valence-corrected chi connectivity index (χ2v) is 8.05. The number of carbonyl (C=O) groups excluding carboxylic acids is 1. The van der Waals surface area contributed by atoms with E-state index in [1.54, 1.807) is 12.4 Å². The molecule has 1 aliphatic rings. The van der Waals surface area contributed by atoms with Gasteiger partial charge in [0.15, 0.2) is 0 Å². The van der Waals surface area contributed by atoms with E-state index in [-0.39, 0.29) is 36.8 Å². The van der Waals surface area contributed by atoms with E-state index in [2.05, 4.69) is 10.3 Å². The number of thiophene rings is 1. The highest BCUT2D eigenvalue weighted by atomic mass is 35.5. The summed E-state index contributed by atoms with van der Waals surface area (Å²) in [5.74, 6) is 0.749. The maximum atomic E-state index is 13.1. The van der Waals surface area contributed by atoms with Gasteiger partial charge in [-0.25, -0.2) is 0 Å². The van der Waals surface area contributed by atoms with Gasteiger partial charge in [0.05, 0.1) is 17.1 Å². The quantitative estimate of drug-likeness (QED) is 0.563. The number of hydrogen-bond acceptors (Lipinski definition) is 5. The first-order chi connectivity index (χ1) is 13.7. The first kappa shape index (κ1) is 24.4. The van der Waals surface area contributed by atoms with Gasteiger partial charge in [0.25, 0.3) is 5.91 Å². The molecule has 9 heteroatoms. The van der Waals surface area contributed by atoms with E-state index in [1.807, 2.05) is 53.4 Å². The lowest BCUT2D eigenvalue weighted by Gasteiger charge is -2.35. The molecule has 0 radical (unpaired) electrons. The van der Waals surface area contributed by atoms with Crippen LogP contribution in [0, 0.1) is 0 Å². The highest BCUT2D eigenvalue weighted by Crippen LogP contribution is 2.30. The summed E-state index contributed by atoms with van der Waals surface area (Å²) in [4.78, 5) is 20.9. The number of carbonyl (C=O) groups is 1. The standard InChI is InChI=1S/C21H20ClN3O2S.2ClH/c22-16-4-1-3-15(11-16)19-6-7-20(28-19)21(26)25-10-9-24-12-17(25)14-27-18-5-2-8-23-13-18;;/h1-8,11,13,17,24H,9-10,12,14H2;2*1H. The molecule has 5 nitrogen and oxygen atoms in total. The third-order valence-corrected chi connectivity index (χ3v) is 5.97. The Morgan fingerprint density at radius 2 is 2.10 bits per heavy atom. The van der Waals surface area contributed by atoms with Crippen LogP contribution in [0.1, 0.15) is 9.67 Å². The molecule has 3 heterocycles. The average Bonchev–Trinajstić information content (AvgIpc) is 3.23.